The number of carbonyl (C=O) groups is 1. The van der Waals surface area contributed by atoms with Crippen LogP contribution in [0.15, 0.2) is 17.0 Å². The predicted molar refractivity (Wildman–Crippen MR) is 105 cm³/mol. The minimum atomic E-state index is -4.32. The van der Waals surface area contributed by atoms with Crippen molar-refractivity contribution in [1.82, 2.24) is 9.62 Å². The second kappa shape index (κ2) is 9.20. The van der Waals surface area contributed by atoms with Gasteiger partial charge in [0.05, 0.1) is 34.7 Å². The van der Waals surface area contributed by atoms with Crippen LogP contribution in [0.1, 0.15) is 36.0 Å². The van der Waals surface area contributed by atoms with E-state index in [1.807, 2.05) is 0 Å². The van der Waals surface area contributed by atoms with Crippen molar-refractivity contribution in [2.24, 2.45) is 5.92 Å². The number of carbonyl (C=O) groups excluding carboxylic acids is 1. The summed E-state index contributed by atoms with van der Waals surface area (Å²) in [4.78, 5) is 12.4. The summed E-state index contributed by atoms with van der Waals surface area (Å²) >= 11 is 12.2. The number of hydrogen-bond acceptors (Lipinski definition) is 4. The zero-order valence-electron chi connectivity index (χ0n) is 15.8. The van der Waals surface area contributed by atoms with Gasteiger partial charge in [-0.1, -0.05) is 29.6 Å². The van der Waals surface area contributed by atoms with Crippen LogP contribution in [-0.4, -0.2) is 57.2 Å². The monoisotopic (exact) mass is 488 g/mol. The molecule has 0 bridgehead atoms. The lowest BCUT2D eigenvalue weighted by atomic mass is 9.85. The number of nitrogens with zero attached hydrogens (tertiary/aromatic N) is 1. The number of rotatable bonds is 4. The summed E-state index contributed by atoms with van der Waals surface area (Å²) in [5, 5.41) is 2.34. The highest BCUT2D eigenvalue weighted by Crippen LogP contribution is 2.38. The van der Waals surface area contributed by atoms with Crippen molar-refractivity contribution in [2.75, 3.05) is 26.3 Å². The Balaban J connectivity index is 1.82. The average molecular weight is 489 g/mol. The topological polar surface area (TPSA) is 75.7 Å². The van der Waals surface area contributed by atoms with Crippen LogP contribution >= 0.6 is 23.2 Å². The maximum atomic E-state index is 13.0. The number of morpholine rings is 1. The molecule has 1 saturated carbocycles. The van der Waals surface area contributed by atoms with Gasteiger partial charge in [0, 0.05) is 19.1 Å². The van der Waals surface area contributed by atoms with Crippen molar-refractivity contribution in [1.29, 1.82) is 0 Å². The van der Waals surface area contributed by atoms with Crippen LogP contribution in [0.2, 0.25) is 10.0 Å². The van der Waals surface area contributed by atoms with Crippen LogP contribution in [0, 0.1) is 5.92 Å². The van der Waals surface area contributed by atoms with Crippen LogP contribution in [0.5, 0.6) is 0 Å². The van der Waals surface area contributed by atoms with Crippen LogP contribution < -0.4 is 5.32 Å². The number of benzene rings is 1. The number of halogens is 5. The van der Waals surface area contributed by atoms with Crippen molar-refractivity contribution in [3.05, 3.63) is 27.7 Å². The van der Waals surface area contributed by atoms with Crippen molar-refractivity contribution < 1.29 is 31.1 Å². The van der Waals surface area contributed by atoms with Gasteiger partial charge in [0.25, 0.3) is 5.91 Å². The van der Waals surface area contributed by atoms with E-state index in [4.69, 9.17) is 27.9 Å². The molecule has 2 aliphatic rings. The summed E-state index contributed by atoms with van der Waals surface area (Å²) in [5.74, 6) is -2.21. The van der Waals surface area contributed by atoms with Crippen LogP contribution in [-0.2, 0) is 14.8 Å². The SMILES string of the molecule is O=C(N[C@@H]1CCC[C@H](C(F)(F)F)C1)c1cc(S(=O)(=O)N2CCOCC2)c(Cl)cc1Cl. The summed E-state index contributed by atoms with van der Waals surface area (Å²) < 4.78 is 71.2. The molecule has 0 aromatic heterocycles. The molecule has 1 heterocycles. The molecule has 0 spiro atoms. The highest BCUT2D eigenvalue weighted by molar-refractivity contribution is 7.89. The molecule has 1 aromatic carbocycles. The van der Waals surface area contributed by atoms with Gasteiger partial charge < -0.3 is 10.1 Å². The standard InChI is InChI=1S/C18H21Cl2F3N2O4S/c19-14-10-15(20)16(30(27,28)25-4-6-29-7-5-25)9-13(14)17(26)24-12-3-1-2-11(8-12)18(21,22)23/h9-12H,1-8H2,(H,24,26)/t11-,12+/m0/s1. The first kappa shape index (κ1) is 23.6. The van der Waals surface area contributed by atoms with E-state index in [9.17, 15) is 26.4 Å². The highest BCUT2D eigenvalue weighted by Gasteiger charge is 2.42. The zero-order chi connectivity index (χ0) is 22.1. The minimum absolute atomic E-state index is 0.0273. The van der Waals surface area contributed by atoms with Gasteiger partial charge in [-0.05, 0) is 31.4 Å². The zero-order valence-corrected chi connectivity index (χ0v) is 18.2. The molecule has 2 atom stereocenters. The average Bonchev–Trinajstić information content (AvgIpc) is 2.68. The number of ether oxygens (including phenoxy) is 1. The van der Waals surface area contributed by atoms with E-state index in [0.29, 0.717) is 12.8 Å². The molecule has 1 aliphatic carbocycles. The fourth-order valence-corrected chi connectivity index (χ4v) is 5.95. The van der Waals surface area contributed by atoms with E-state index in [2.05, 4.69) is 5.32 Å². The van der Waals surface area contributed by atoms with E-state index in [0.717, 1.165) is 12.1 Å². The maximum Gasteiger partial charge on any atom is 0.391 e. The highest BCUT2D eigenvalue weighted by atomic mass is 35.5. The lowest BCUT2D eigenvalue weighted by Gasteiger charge is -2.31. The van der Waals surface area contributed by atoms with Gasteiger partial charge in [-0.15, -0.1) is 0 Å². The van der Waals surface area contributed by atoms with Gasteiger partial charge in [-0.25, -0.2) is 8.42 Å². The van der Waals surface area contributed by atoms with Gasteiger partial charge in [-0.2, -0.15) is 17.5 Å². The fourth-order valence-electron chi connectivity index (χ4n) is 3.71. The Labute approximate surface area is 182 Å². The first-order valence-electron chi connectivity index (χ1n) is 9.44. The summed E-state index contributed by atoms with van der Waals surface area (Å²) in [7, 11) is -3.99. The molecule has 6 nitrogen and oxygen atoms in total. The predicted octanol–water partition coefficient (Wildman–Crippen LogP) is 3.87. The summed E-state index contributed by atoms with van der Waals surface area (Å²) in [6, 6.07) is 1.56. The molecule has 1 amide bonds. The lowest BCUT2D eigenvalue weighted by Crippen LogP contribution is -2.42. The molecule has 0 unspecified atom stereocenters. The molecular formula is C18H21Cl2F3N2O4S. The van der Waals surface area contributed by atoms with Crippen LogP contribution in [0.4, 0.5) is 13.2 Å². The molecular weight excluding hydrogens is 468 g/mol. The Morgan fingerprint density at radius 2 is 1.80 bits per heavy atom. The quantitative estimate of drug-likeness (QED) is 0.697. The number of hydrogen-bond donors (Lipinski definition) is 1. The number of amides is 1. The minimum Gasteiger partial charge on any atom is -0.379 e. The molecule has 3 rings (SSSR count). The molecule has 12 heteroatoms. The normalized spacial score (nSPS) is 23.9. The van der Waals surface area contributed by atoms with Gasteiger partial charge in [0.15, 0.2) is 0 Å². The van der Waals surface area contributed by atoms with E-state index in [1.54, 1.807) is 0 Å². The Morgan fingerprint density at radius 1 is 1.13 bits per heavy atom. The van der Waals surface area contributed by atoms with Crippen molar-refractivity contribution in [3.63, 3.8) is 0 Å². The molecule has 0 radical (unpaired) electrons. The second-order valence-corrected chi connectivity index (χ2v) is 10.1. The van der Waals surface area contributed by atoms with Gasteiger partial charge in [0.2, 0.25) is 10.0 Å². The van der Waals surface area contributed by atoms with E-state index >= 15 is 0 Å². The molecule has 168 valence electrons. The second-order valence-electron chi connectivity index (χ2n) is 7.35. The Kier molecular flexibility index (Phi) is 7.23. The molecule has 1 aromatic rings. The van der Waals surface area contributed by atoms with Crippen molar-refractivity contribution in [2.45, 2.75) is 42.8 Å². The summed E-state index contributed by atoms with van der Waals surface area (Å²) in [6.45, 7) is 0.757. The molecule has 2 fully saturated rings. The van der Waals surface area contributed by atoms with E-state index in [-0.39, 0.29) is 59.6 Å². The number of nitrogens with one attached hydrogen (secondary N) is 1. The third-order valence-corrected chi connectivity index (χ3v) is 8.00. The van der Waals surface area contributed by atoms with E-state index in [1.165, 1.54) is 4.31 Å². The Bertz CT molecular complexity index is 905. The van der Waals surface area contributed by atoms with Gasteiger partial charge in [-0.3, -0.25) is 4.79 Å². The van der Waals surface area contributed by atoms with E-state index < -0.39 is 34.1 Å². The molecule has 30 heavy (non-hydrogen) atoms. The Hall–Kier alpha value is -1.07. The number of sulfonamides is 1. The smallest absolute Gasteiger partial charge is 0.379 e. The fraction of sp³-hybridized carbons (Fsp3) is 0.611. The lowest BCUT2D eigenvalue weighted by molar-refractivity contribution is -0.183. The van der Waals surface area contributed by atoms with Crippen LogP contribution in [0.25, 0.3) is 0 Å². The van der Waals surface area contributed by atoms with Crippen molar-refractivity contribution in [3.8, 4) is 0 Å². The molecule has 1 aliphatic heterocycles. The first-order valence-corrected chi connectivity index (χ1v) is 11.6. The number of alkyl halides is 3. The Morgan fingerprint density at radius 3 is 2.43 bits per heavy atom. The van der Waals surface area contributed by atoms with Gasteiger partial charge >= 0.3 is 6.18 Å². The summed E-state index contributed by atoms with van der Waals surface area (Å²) in [6.07, 6.45) is -3.78. The third-order valence-electron chi connectivity index (χ3n) is 5.33. The maximum absolute atomic E-state index is 13.0. The molecule has 1 saturated heterocycles. The largest absolute Gasteiger partial charge is 0.391 e. The van der Waals surface area contributed by atoms with Crippen molar-refractivity contribution >= 4 is 39.1 Å². The van der Waals surface area contributed by atoms with Crippen LogP contribution in [0.3, 0.4) is 0 Å². The first-order chi connectivity index (χ1) is 14.0. The molecule has 1 N–H and O–H groups in total. The van der Waals surface area contributed by atoms with Gasteiger partial charge in [0.1, 0.15) is 4.90 Å². The third kappa shape index (κ3) is 5.21. The summed E-state index contributed by atoms with van der Waals surface area (Å²) in [5.41, 5.74) is -0.151.